The van der Waals surface area contributed by atoms with E-state index in [0.717, 1.165) is 40.6 Å². The number of thioether (sulfide) groups is 1. The molecule has 30 heavy (non-hydrogen) atoms. The van der Waals surface area contributed by atoms with Crippen molar-refractivity contribution in [2.75, 3.05) is 5.75 Å². The molecule has 2 N–H and O–H groups in total. The zero-order chi connectivity index (χ0) is 21.5. The lowest BCUT2D eigenvalue weighted by atomic mass is 9.75. The molecule has 4 nitrogen and oxygen atoms in total. The summed E-state index contributed by atoms with van der Waals surface area (Å²) in [5.74, 6) is 1.90. The van der Waals surface area contributed by atoms with Gasteiger partial charge in [0, 0.05) is 41.7 Å². The molecule has 2 atom stereocenters. The normalized spacial score (nSPS) is 24.4. The minimum Gasteiger partial charge on any atom is -0.508 e. The number of phenols is 1. The second-order valence-corrected chi connectivity index (χ2v) is 10.0. The number of aliphatic imine (C=N–C) groups is 1. The van der Waals surface area contributed by atoms with Crippen LogP contribution in [0.3, 0.4) is 0 Å². The van der Waals surface area contributed by atoms with E-state index in [0.29, 0.717) is 0 Å². The molecule has 0 bridgehead atoms. The highest BCUT2D eigenvalue weighted by molar-refractivity contribution is 8.13. The number of nitrogens with one attached hydrogen (secondary N) is 1. The summed E-state index contributed by atoms with van der Waals surface area (Å²) < 4.78 is 6.63. The average Bonchev–Trinajstić information content (AvgIpc) is 2.64. The predicted molar refractivity (Wildman–Crippen MR) is 126 cm³/mol. The van der Waals surface area contributed by atoms with Gasteiger partial charge in [-0.05, 0) is 50.5 Å². The fraction of sp³-hybridized carbons (Fsp3) is 0.400. The molecule has 0 radical (unpaired) electrons. The van der Waals surface area contributed by atoms with Crippen LogP contribution in [0.1, 0.15) is 54.9 Å². The Morgan fingerprint density at radius 2 is 2.03 bits per heavy atom. The fourth-order valence-electron chi connectivity index (χ4n) is 4.85. The molecule has 0 saturated carbocycles. The Morgan fingerprint density at radius 1 is 1.27 bits per heavy atom. The van der Waals surface area contributed by atoms with Gasteiger partial charge in [0.1, 0.15) is 11.5 Å². The number of fused-ring (bicyclic) bond motifs is 1. The monoisotopic (exact) mass is 422 g/mol. The number of aryl methyl sites for hydroxylation is 2. The second kappa shape index (κ2) is 7.69. The molecule has 2 aliphatic heterocycles. The third-order valence-electron chi connectivity index (χ3n) is 5.88. The number of nitrogens with zero attached hydrogens (tertiary/aromatic N) is 1. The smallest absolute Gasteiger partial charge is 0.206 e. The van der Waals surface area contributed by atoms with Gasteiger partial charge in [-0.1, -0.05) is 42.1 Å². The third kappa shape index (κ3) is 3.95. The summed E-state index contributed by atoms with van der Waals surface area (Å²) in [7, 11) is 0. The average molecular weight is 423 g/mol. The van der Waals surface area contributed by atoms with Crippen molar-refractivity contribution >= 4 is 16.9 Å². The summed E-state index contributed by atoms with van der Waals surface area (Å²) in [5.41, 5.74) is 3.91. The fourth-order valence-corrected chi connectivity index (χ4v) is 5.70. The van der Waals surface area contributed by atoms with Gasteiger partial charge in [0.15, 0.2) is 5.17 Å². The number of amidine groups is 1. The van der Waals surface area contributed by atoms with Gasteiger partial charge in [-0.3, -0.25) is 0 Å². The first-order valence-corrected chi connectivity index (χ1v) is 11.4. The molecule has 158 valence electrons. The maximum Gasteiger partial charge on any atom is 0.206 e. The molecule has 0 unspecified atom stereocenters. The topological polar surface area (TPSA) is 53.9 Å². The largest absolute Gasteiger partial charge is 0.508 e. The summed E-state index contributed by atoms with van der Waals surface area (Å²) in [6.45, 7) is 12.4. The van der Waals surface area contributed by atoms with Gasteiger partial charge in [0.25, 0.3) is 0 Å². The van der Waals surface area contributed by atoms with Crippen molar-refractivity contribution in [1.29, 1.82) is 0 Å². The lowest BCUT2D eigenvalue weighted by molar-refractivity contribution is 0.0131. The first kappa shape index (κ1) is 20.9. The molecule has 2 aromatic carbocycles. The SMILES string of the molecule is C=CCSC1=N[C@]2(C[C@H](c3ccccc3C)c3c(C)cc(O)cc3O2)CC(C)(C)N1. The van der Waals surface area contributed by atoms with Crippen LogP contribution in [-0.2, 0) is 0 Å². The van der Waals surface area contributed by atoms with Crippen LogP contribution in [0.4, 0.5) is 0 Å². The predicted octanol–water partition coefficient (Wildman–Crippen LogP) is 5.67. The zero-order valence-electron chi connectivity index (χ0n) is 18.2. The quantitative estimate of drug-likeness (QED) is 0.626. The summed E-state index contributed by atoms with van der Waals surface area (Å²) in [6, 6.07) is 12.1. The zero-order valence-corrected chi connectivity index (χ0v) is 19.0. The Morgan fingerprint density at radius 3 is 2.77 bits per heavy atom. The minimum absolute atomic E-state index is 0.152. The van der Waals surface area contributed by atoms with Crippen molar-refractivity contribution in [3.63, 3.8) is 0 Å². The van der Waals surface area contributed by atoms with Gasteiger partial charge in [-0.25, -0.2) is 4.99 Å². The molecule has 0 saturated heterocycles. The van der Waals surface area contributed by atoms with Crippen LogP contribution in [0.25, 0.3) is 0 Å². The Bertz CT molecular complexity index is 1010. The van der Waals surface area contributed by atoms with Crippen LogP contribution in [0.15, 0.2) is 54.0 Å². The van der Waals surface area contributed by atoms with E-state index in [2.05, 4.69) is 56.9 Å². The number of hydrogen-bond donors (Lipinski definition) is 2. The molecule has 2 aromatic rings. The van der Waals surface area contributed by atoms with Crippen molar-refractivity contribution in [3.05, 3.63) is 71.3 Å². The lowest BCUT2D eigenvalue weighted by Gasteiger charge is -2.47. The van der Waals surface area contributed by atoms with Crippen LogP contribution in [0.2, 0.25) is 0 Å². The number of aromatic hydroxyl groups is 1. The molecule has 0 aromatic heterocycles. The molecular weight excluding hydrogens is 392 g/mol. The summed E-state index contributed by atoms with van der Waals surface area (Å²) >= 11 is 1.65. The van der Waals surface area contributed by atoms with Gasteiger partial charge in [0.2, 0.25) is 5.72 Å². The third-order valence-corrected chi connectivity index (χ3v) is 6.74. The van der Waals surface area contributed by atoms with E-state index < -0.39 is 5.72 Å². The number of rotatable bonds is 3. The second-order valence-electron chi connectivity index (χ2n) is 9.04. The Kier molecular flexibility index (Phi) is 5.35. The molecule has 0 aliphatic carbocycles. The highest BCUT2D eigenvalue weighted by Crippen LogP contribution is 2.51. The number of ether oxygens (including phenoxy) is 1. The lowest BCUT2D eigenvalue weighted by Crippen LogP contribution is -2.57. The van der Waals surface area contributed by atoms with Crippen molar-refractivity contribution in [3.8, 4) is 11.5 Å². The molecule has 2 aliphatic rings. The summed E-state index contributed by atoms with van der Waals surface area (Å²) in [4.78, 5) is 5.09. The number of benzene rings is 2. The highest BCUT2D eigenvalue weighted by Gasteiger charge is 2.48. The van der Waals surface area contributed by atoms with Crippen LogP contribution in [0, 0.1) is 13.8 Å². The van der Waals surface area contributed by atoms with E-state index in [4.69, 9.17) is 9.73 Å². The van der Waals surface area contributed by atoms with Gasteiger partial charge in [-0.15, -0.1) is 6.58 Å². The van der Waals surface area contributed by atoms with Crippen molar-refractivity contribution in [2.24, 2.45) is 4.99 Å². The van der Waals surface area contributed by atoms with Crippen molar-refractivity contribution in [2.45, 2.75) is 57.7 Å². The van der Waals surface area contributed by atoms with E-state index in [-0.39, 0.29) is 17.2 Å². The Labute approximate surface area is 183 Å². The first-order chi connectivity index (χ1) is 14.2. The molecule has 4 rings (SSSR count). The van der Waals surface area contributed by atoms with Gasteiger partial charge < -0.3 is 15.2 Å². The molecule has 2 heterocycles. The maximum absolute atomic E-state index is 10.3. The first-order valence-electron chi connectivity index (χ1n) is 10.4. The van der Waals surface area contributed by atoms with Crippen LogP contribution in [-0.4, -0.2) is 27.3 Å². The van der Waals surface area contributed by atoms with E-state index in [1.54, 1.807) is 17.8 Å². The summed E-state index contributed by atoms with van der Waals surface area (Å²) in [6.07, 6.45) is 3.39. The number of hydrogen-bond acceptors (Lipinski definition) is 5. The Balaban J connectivity index is 1.87. The van der Waals surface area contributed by atoms with E-state index in [9.17, 15) is 5.11 Å². The minimum atomic E-state index is -0.682. The van der Waals surface area contributed by atoms with Crippen LogP contribution < -0.4 is 10.1 Å². The van der Waals surface area contributed by atoms with E-state index in [1.807, 2.05) is 19.1 Å². The molecule has 0 fully saturated rings. The summed E-state index contributed by atoms with van der Waals surface area (Å²) in [5, 5.41) is 14.7. The van der Waals surface area contributed by atoms with Crippen molar-refractivity contribution in [1.82, 2.24) is 5.32 Å². The van der Waals surface area contributed by atoms with Gasteiger partial charge in [-0.2, -0.15) is 0 Å². The molecule has 5 heteroatoms. The molecule has 1 spiro atoms. The molecular formula is C25H30N2O2S. The van der Waals surface area contributed by atoms with E-state index in [1.165, 1.54) is 11.1 Å². The maximum atomic E-state index is 10.3. The van der Waals surface area contributed by atoms with Crippen LogP contribution in [0.5, 0.6) is 11.5 Å². The van der Waals surface area contributed by atoms with E-state index >= 15 is 0 Å². The number of phenolic OH excluding ortho intramolecular Hbond substituents is 1. The standard InChI is InChI=1S/C25H30N2O2S/c1-6-11-30-23-26-24(4,5)15-25(27-23)14-20(19-10-8-7-9-16(19)2)22-17(3)12-18(28)13-21(22)29-25/h6-10,12-13,20,28H,1,11,14-15H2,2-5H3,(H,26,27)/t20-,25+/m1/s1. The van der Waals surface area contributed by atoms with Crippen molar-refractivity contribution < 1.29 is 9.84 Å². The van der Waals surface area contributed by atoms with Gasteiger partial charge >= 0.3 is 0 Å². The molecule has 0 amide bonds. The Hall–Kier alpha value is -2.40. The van der Waals surface area contributed by atoms with Gasteiger partial charge in [0.05, 0.1) is 0 Å². The highest BCUT2D eigenvalue weighted by atomic mass is 32.2. The van der Waals surface area contributed by atoms with Crippen LogP contribution >= 0.6 is 11.8 Å².